The zero-order chi connectivity index (χ0) is 27.0. The molecule has 11 nitrogen and oxygen atoms in total. The molecule has 0 radical (unpaired) electrons. The zero-order valence-electron chi connectivity index (χ0n) is 21.3. The van der Waals surface area contributed by atoms with Crippen LogP contribution >= 0.6 is 0 Å². The molecule has 4 aromatic rings. The molecule has 196 valence electrons. The Morgan fingerprint density at radius 1 is 1.16 bits per heavy atom. The number of Topliss-reactive ketones (excluding diaryl/α,β-unsaturated/α-hetero) is 1. The van der Waals surface area contributed by atoms with Crippen LogP contribution in [0.3, 0.4) is 0 Å². The van der Waals surface area contributed by atoms with Gasteiger partial charge < -0.3 is 24.6 Å². The van der Waals surface area contributed by atoms with Crippen LogP contribution in [0.1, 0.15) is 46.4 Å². The number of aromatic amines is 1. The molecule has 2 N–H and O–H groups in total. The van der Waals surface area contributed by atoms with E-state index in [1.54, 1.807) is 36.2 Å². The van der Waals surface area contributed by atoms with Crippen molar-refractivity contribution in [1.82, 2.24) is 29.5 Å². The van der Waals surface area contributed by atoms with Gasteiger partial charge in [-0.15, -0.1) is 0 Å². The SMILES string of the molecule is COc1cnc(-n2ccc([C@@H](C)O)n2)c2[nH]cc(C(=O)C(=O)N3CCN(C(=O)c4ccccc4)C(C)C3)c12. The molecular formula is C27H28N6O5. The number of aliphatic hydroxyl groups excluding tert-OH is 1. The minimum absolute atomic E-state index is 0.102. The number of nitrogens with zero attached hydrogens (tertiary/aromatic N) is 5. The maximum absolute atomic E-state index is 13.4. The number of methoxy groups -OCH3 is 1. The van der Waals surface area contributed by atoms with Gasteiger partial charge in [0.25, 0.3) is 17.6 Å². The quantitative estimate of drug-likeness (QED) is 0.297. The third kappa shape index (κ3) is 4.41. The van der Waals surface area contributed by atoms with Crippen molar-refractivity contribution < 1.29 is 24.2 Å². The fourth-order valence-corrected chi connectivity index (χ4v) is 4.74. The second-order valence-corrected chi connectivity index (χ2v) is 9.26. The first-order valence-corrected chi connectivity index (χ1v) is 12.3. The van der Waals surface area contributed by atoms with Crippen LogP contribution in [-0.4, -0.2) is 85.0 Å². The van der Waals surface area contributed by atoms with E-state index in [4.69, 9.17) is 4.74 Å². The second-order valence-electron chi connectivity index (χ2n) is 9.26. The molecule has 0 saturated carbocycles. The number of aliphatic hydroxyl groups is 1. The van der Waals surface area contributed by atoms with Crippen molar-refractivity contribution in [2.45, 2.75) is 26.0 Å². The molecule has 1 aromatic carbocycles. The molecule has 11 heteroatoms. The fourth-order valence-electron chi connectivity index (χ4n) is 4.74. The van der Waals surface area contributed by atoms with Crippen LogP contribution in [0.2, 0.25) is 0 Å². The van der Waals surface area contributed by atoms with Crippen molar-refractivity contribution in [3.8, 4) is 11.6 Å². The largest absolute Gasteiger partial charge is 0.494 e. The Bertz CT molecular complexity index is 1510. The van der Waals surface area contributed by atoms with Gasteiger partial charge in [-0.05, 0) is 32.0 Å². The van der Waals surface area contributed by atoms with Crippen LogP contribution in [0.5, 0.6) is 5.75 Å². The lowest BCUT2D eigenvalue weighted by Gasteiger charge is -2.39. The van der Waals surface area contributed by atoms with E-state index in [0.29, 0.717) is 40.3 Å². The average Bonchev–Trinajstić information content (AvgIpc) is 3.60. The summed E-state index contributed by atoms with van der Waals surface area (Å²) in [6.45, 7) is 4.28. The number of carbonyl (C=O) groups is 3. The van der Waals surface area contributed by atoms with E-state index in [1.807, 2.05) is 25.1 Å². The topological polar surface area (TPSA) is 134 Å². The molecular weight excluding hydrogens is 488 g/mol. The molecule has 0 spiro atoms. The number of pyridine rings is 1. The third-order valence-corrected chi connectivity index (χ3v) is 6.76. The van der Waals surface area contributed by atoms with Gasteiger partial charge in [-0.2, -0.15) is 5.10 Å². The summed E-state index contributed by atoms with van der Waals surface area (Å²) < 4.78 is 6.95. The smallest absolute Gasteiger partial charge is 0.295 e. The summed E-state index contributed by atoms with van der Waals surface area (Å²) in [5.41, 5.74) is 1.67. The molecule has 3 aromatic heterocycles. The van der Waals surface area contributed by atoms with E-state index in [9.17, 15) is 19.5 Å². The molecule has 2 atom stereocenters. The molecule has 5 rings (SSSR count). The van der Waals surface area contributed by atoms with Gasteiger partial charge in [-0.1, -0.05) is 18.2 Å². The molecule has 38 heavy (non-hydrogen) atoms. The minimum Gasteiger partial charge on any atom is -0.494 e. The number of hydrogen-bond donors (Lipinski definition) is 2. The van der Waals surface area contributed by atoms with Gasteiger partial charge in [0.2, 0.25) is 0 Å². The van der Waals surface area contributed by atoms with Crippen molar-refractivity contribution in [2.24, 2.45) is 0 Å². The predicted octanol–water partition coefficient (Wildman–Crippen LogP) is 2.37. The van der Waals surface area contributed by atoms with E-state index >= 15 is 0 Å². The standard InChI is InChI=1S/C27H28N6O5/c1-16-15-31(11-12-32(16)26(36)18-7-5-4-6-8-18)27(37)24(35)19-13-28-23-22(19)21(38-3)14-29-25(23)33-10-9-20(30-33)17(2)34/h4-10,13-14,16-17,28,34H,11-12,15H2,1-3H3/t16?,17-/m1/s1. The van der Waals surface area contributed by atoms with Crippen molar-refractivity contribution in [3.05, 3.63) is 71.8 Å². The highest BCUT2D eigenvalue weighted by Gasteiger charge is 2.34. The van der Waals surface area contributed by atoms with Crippen LogP contribution in [0.15, 0.2) is 55.0 Å². The molecule has 0 bridgehead atoms. The summed E-state index contributed by atoms with van der Waals surface area (Å²) in [7, 11) is 1.46. The van der Waals surface area contributed by atoms with E-state index in [2.05, 4.69) is 15.1 Å². The zero-order valence-corrected chi connectivity index (χ0v) is 21.3. The fraction of sp³-hybridized carbons (Fsp3) is 0.296. The number of ketones is 1. The number of fused-ring (bicyclic) bond motifs is 1. The Balaban J connectivity index is 1.39. The molecule has 2 amide bonds. The summed E-state index contributed by atoms with van der Waals surface area (Å²) >= 11 is 0. The Hall–Kier alpha value is -4.51. The number of rotatable bonds is 6. The third-order valence-electron chi connectivity index (χ3n) is 6.76. The minimum atomic E-state index is -0.755. The monoisotopic (exact) mass is 516 g/mol. The molecule has 1 aliphatic rings. The van der Waals surface area contributed by atoms with Crippen LogP contribution in [-0.2, 0) is 4.79 Å². The number of hydrogen-bond acceptors (Lipinski definition) is 7. The van der Waals surface area contributed by atoms with E-state index in [0.717, 1.165) is 0 Å². The lowest BCUT2D eigenvalue weighted by molar-refractivity contribution is -0.128. The first kappa shape index (κ1) is 25.2. The lowest BCUT2D eigenvalue weighted by atomic mass is 10.1. The number of piperazine rings is 1. The van der Waals surface area contributed by atoms with Crippen molar-refractivity contribution in [3.63, 3.8) is 0 Å². The number of carbonyl (C=O) groups excluding carboxylic acids is 3. The highest BCUT2D eigenvalue weighted by Crippen LogP contribution is 2.32. The Morgan fingerprint density at radius 2 is 1.92 bits per heavy atom. The van der Waals surface area contributed by atoms with E-state index < -0.39 is 17.8 Å². The molecule has 1 unspecified atom stereocenters. The summed E-state index contributed by atoms with van der Waals surface area (Å²) in [4.78, 5) is 50.4. The Morgan fingerprint density at radius 3 is 2.58 bits per heavy atom. The average molecular weight is 517 g/mol. The number of nitrogens with one attached hydrogen (secondary N) is 1. The normalized spacial score (nSPS) is 16.5. The van der Waals surface area contributed by atoms with Gasteiger partial charge in [0.05, 0.1) is 41.6 Å². The van der Waals surface area contributed by atoms with Crippen molar-refractivity contribution >= 4 is 28.5 Å². The molecule has 1 fully saturated rings. The summed E-state index contributed by atoms with van der Waals surface area (Å²) in [5, 5.41) is 14.6. The number of aromatic nitrogens is 4. The number of amides is 2. The lowest BCUT2D eigenvalue weighted by Crippen LogP contribution is -2.56. The van der Waals surface area contributed by atoms with E-state index in [1.165, 1.54) is 29.1 Å². The number of H-pyrrole nitrogens is 1. The number of benzene rings is 1. The van der Waals surface area contributed by atoms with Gasteiger partial charge in [-0.25, -0.2) is 9.67 Å². The van der Waals surface area contributed by atoms with Gasteiger partial charge in [0.15, 0.2) is 5.82 Å². The summed E-state index contributed by atoms with van der Waals surface area (Å²) in [5.74, 6) is -0.723. The Labute approximate surface area is 218 Å². The maximum atomic E-state index is 13.4. The van der Waals surface area contributed by atoms with Crippen LogP contribution < -0.4 is 4.74 Å². The van der Waals surface area contributed by atoms with Crippen molar-refractivity contribution in [1.29, 1.82) is 0 Å². The molecule has 1 aliphatic heterocycles. The highest BCUT2D eigenvalue weighted by atomic mass is 16.5. The van der Waals surface area contributed by atoms with Crippen molar-refractivity contribution in [2.75, 3.05) is 26.7 Å². The second kappa shape index (κ2) is 10.1. The maximum Gasteiger partial charge on any atom is 0.295 e. The summed E-state index contributed by atoms with van der Waals surface area (Å²) in [6, 6.07) is 10.4. The van der Waals surface area contributed by atoms with Gasteiger partial charge in [0.1, 0.15) is 5.75 Å². The number of ether oxygens (including phenoxy) is 1. The van der Waals surface area contributed by atoms with Crippen LogP contribution in [0.25, 0.3) is 16.7 Å². The van der Waals surface area contributed by atoms with Gasteiger partial charge in [-0.3, -0.25) is 14.4 Å². The van der Waals surface area contributed by atoms with Gasteiger partial charge in [0, 0.05) is 43.6 Å². The van der Waals surface area contributed by atoms with E-state index in [-0.39, 0.29) is 30.6 Å². The van der Waals surface area contributed by atoms with Gasteiger partial charge >= 0.3 is 0 Å². The molecule has 4 heterocycles. The highest BCUT2D eigenvalue weighted by molar-refractivity contribution is 6.45. The first-order chi connectivity index (χ1) is 18.3. The Kier molecular flexibility index (Phi) is 6.68. The summed E-state index contributed by atoms with van der Waals surface area (Å²) in [6.07, 6.45) is 3.83. The molecule has 1 saturated heterocycles. The van der Waals surface area contributed by atoms with Crippen LogP contribution in [0.4, 0.5) is 0 Å². The first-order valence-electron chi connectivity index (χ1n) is 12.3. The van der Waals surface area contributed by atoms with Crippen LogP contribution in [0, 0.1) is 0 Å². The predicted molar refractivity (Wildman–Crippen MR) is 138 cm³/mol. The molecule has 0 aliphatic carbocycles.